The van der Waals surface area contributed by atoms with Gasteiger partial charge in [-0.3, -0.25) is 0 Å². The Morgan fingerprint density at radius 1 is 1.29 bits per heavy atom. The van der Waals surface area contributed by atoms with Crippen molar-refractivity contribution in [3.8, 4) is 0 Å². The number of thioether (sulfide) groups is 1. The van der Waals surface area contributed by atoms with Gasteiger partial charge in [0.15, 0.2) is 0 Å². The van der Waals surface area contributed by atoms with Gasteiger partial charge in [-0.1, -0.05) is 18.0 Å². The minimum absolute atomic E-state index is 0.749. The summed E-state index contributed by atoms with van der Waals surface area (Å²) in [5.41, 5.74) is 6.45. The molecule has 0 amide bonds. The van der Waals surface area contributed by atoms with Crippen LogP contribution in [-0.4, -0.2) is 5.75 Å². The predicted molar refractivity (Wildman–Crippen MR) is 75.5 cm³/mol. The van der Waals surface area contributed by atoms with Crippen LogP contribution in [0, 0.1) is 17.8 Å². The molecule has 0 aromatic heterocycles. The highest BCUT2D eigenvalue weighted by Crippen LogP contribution is 2.50. The van der Waals surface area contributed by atoms with Gasteiger partial charge in [-0.15, -0.1) is 11.8 Å². The molecular weight excluding hydrogens is 250 g/mol. The average Bonchev–Trinajstić information content (AvgIpc) is 2.89. The van der Waals surface area contributed by atoms with E-state index in [1.165, 1.54) is 36.3 Å². The number of hydrogen-bond acceptors (Lipinski definition) is 2. The number of benzene rings is 1. The Morgan fingerprint density at radius 2 is 2.18 bits per heavy atom. The zero-order chi connectivity index (χ0) is 11.8. The Kier molecular flexibility index (Phi) is 3.27. The molecule has 3 atom stereocenters. The van der Waals surface area contributed by atoms with Crippen LogP contribution in [0.3, 0.4) is 0 Å². The zero-order valence-corrected chi connectivity index (χ0v) is 11.4. The van der Waals surface area contributed by atoms with Crippen LogP contribution >= 0.6 is 23.4 Å². The van der Waals surface area contributed by atoms with Crippen molar-refractivity contribution in [2.24, 2.45) is 17.8 Å². The highest BCUT2D eigenvalue weighted by atomic mass is 35.5. The zero-order valence-electron chi connectivity index (χ0n) is 9.86. The normalized spacial score (nSPS) is 31.0. The third-order valence-corrected chi connectivity index (χ3v) is 5.98. The Hall–Kier alpha value is -0.340. The van der Waals surface area contributed by atoms with Crippen molar-refractivity contribution in [1.82, 2.24) is 0 Å². The second-order valence-corrected chi connectivity index (χ2v) is 6.90. The molecule has 0 saturated heterocycles. The molecule has 3 heteroatoms. The standard InChI is InChI=1S/C14H18ClNS/c15-13-7-12(16)3-4-14(13)17-8-11-6-9-1-2-10(11)5-9/h3-4,7,9-11H,1-2,5-6,8,16H2. The van der Waals surface area contributed by atoms with Gasteiger partial charge in [0.1, 0.15) is 0 Å². The van der Waals surface area contributed by atoms with E-state index in [4.69, 9.17) is 17.3 Å². The maximum Gasteiger partial charge on any atom is 0.0562 e. The smallest absolute Gasteiger partial charge is 0.0562 e. The molecule has 92 valence electrons. The first kappa shape index (κ1) is 11.7. The van der Waals surface area contributed by atoms with Crippen molar-refractivity contribution >= 4 is 29.1 Å². The number of anilines is 1. The van der Waals surface area contributed by atoms with E-state index >= 15 is 0 Å². The molecule has 17 heavy (non-hydrogen) atoms. The molecule has 0 spiro atoms. The number of nitrogens with two attached hydrogens (primary N) is 1. The largest absolute Gasteiger partial charge is 0.399 e. The van der Waals surface area contributed by atoms with E-state index < -0.39 is 0 Å². The highest BCUT2D eigenvalue weighted by molar-refractivity contribution is 7.99. The molecule has 0 aliphatic heterocycles. The number of halogens is 1. The van der Waals surface area contributed by atoms with E-state index in [0.29, 0.717) is 0 Å². The fourth-order valence-electron chi connectivity index (χ4n) is 3.41. The second kappa shape index (κ2) is 4.74. The molecule has 2 aliphatic rings. The molecular formula is C14H18ClNS. The van der Waals surface area contributed by atoms with Crippen molar-refractivity contribution in [2.75, 3.05) is 11.5 Å². The fourth-order valence-corrected chi connectivity index (χ4v) is 4.93. The Balaban J connectivity index is 1.60. The summed E-state index contributed by atoms with van der Waals surface area (Å²) in [5, 5.41) is 0.804. The minimum Gasteiger partial charge on any atom is -0.399 e. The maximum absolute atomic E-state index is 6.19. The van der Waals surface area contributed by atoms with Gasteiger partial charge in [0.2, 0.25) is 0 Å². The summed E-state index contributed by atoms with van der Waals surface area (Å²) < 4.78 is 0. The first-order valence-corrected chi connectivity index (χ1v) is 7.76. The molecule has 2 bridgehead atoms. The third kappa shape index (κ3) is 2.43. The van der Waals surface area contributed by atoms with Gasteiger partial charge in [0, 0.05) is 16.3 Å². The van der Waals surface area contributed by atoms with Gasteiger partial charge in [0.25, 0.3) is 0 Å². The lowest BCUT2D eigenvalue weighted by molar-refractivity contribution is 0.365. The van der Waals surface area contributed by atoms with Crippen LogP contribution in [0.1, 0.15) is 25.7 Å². The monoisotopic (exact) mass is 267 g/mol. The summed E-state index contributed by atoms with van der Waals surface area (Å²) in [5.74, 6) is 4.19. The third-order valence-electron chi connectivity index (χ3n) is 4.29. The molecule has 3 rings (SSSR count). The average molecular weight is 268 g/mol. The topological polar surface area (TPSA) is 26.0 Å². The van der Waals surface area contributed by atoms with Crippen LogP contribution in [0.4, 0.5) is 5.69 Å². The molecule has 2 fully saturated rings. The predicted octanol–water partition coefficient (Wildman–Crippen LogP) is 4.45. The molecule has 0 radical (unpaired) electrons. The number of fused-ring (bicyclic) bond motifs is 2. The highest BCUT2D eigenvalue weighted by Gasteiger charge is 2.39. The van der Waals surface area contributed by atoms with Crippen LogP contribution in [0.2, 0.25) is 5.02 Å². The van der Waals surface area contributed by atoms with Crippen LogP contribution in [0.15, 0.2) is 23.1 Å². The van der Waals surface area contributed by atoms with Crippen LogP contribution in [0.5, 0.6) is 0 Å². The summed E-state index contributed by atoms with van der Waals surface area (Å²) >= 11 is 8.10. The lowest BCUT2D eigenvalue weighted by Crippen LogP contribution is -2.12. The van der Waals surface area contributed by atoms with Crippen molar-refractivity contribution in [2.45, 2.75) is 30.6 Å². The van der Waals surface area contributed by atoms with E-state index in [1.54, 1.807) is 0 Å². The SMILES string of the molecule is Nc1ccc(SCC2CC3CCC2C3)c(Cl)c1. The van der Waals surface area contributed by atoms with Gasteiger partial charge < -0.3 is 5.73 Å². The Labute approximate surface area is 112 Å². The molecule has 1 aromatic carbocycles. The van der Waals surface area contributed by atoms with E-state index in [2.05, 4.69) is 6.07 Å². The van der Waals surface area contributed by atoms with Gasteiger partial charge in [0.05, 0.1) is 5.02 Å². The number of nitrogen functional groups attached to an aromatic ring is 1. The van der Waals surface area contributed by atoms with Crippen molar-refractivity contribution in [3.05, 3.63) is 23.2 Å². The van der Waals surface area contributed by atoms with Crippen LogP contribution in [-0.2, 0) is 0 Å². The van der Waals surface area contributed by atoms with Crippen molar-refractivity contribution in [3.63, 3.8) is 0 Å². The Morgan fingerprint density at radius 3 is 2.82 bits per heavy atom. The van der Waals surface area contributed by atoms with Gasteiger partial charge in [-0.25, -0.2) is 0 Å². The number of hydrogen-bond donors (Lipinski definition) is 1. The second-order valence-electron chi connectivity index (χ2n) is 5.44. The summed E-state index contributed by atoms with van der Waals surface area (Å²) in [6, 6.07) is 5.84. The van der Waals surface area contributed by atoms with Crippen LogP contribution < -0.4 is 5.73 Å². The van der Waals surface area contributed by atoms with E-state index in [0.717, 1.165) is 28.5 Å². The minimum atomic E-state index is 0.749. The molecule has 2 aliphatic carbocycles. The quantitative estimate of drug-likeness (QED) is 0.647. The first-order chi connectivity index (χ1) is 8.22. The molecule has 1 nitrogen and oxygen atoms in total. The van der Waals surface area contributed by atoms with Crippen LogP contribution in [0.25, 0.3) is 0 Å². The van der Waals surface area contributed by atoms with Crippen molar-refractivity contribution in [1.29, 1.82) is 0 Å². The van der Waals surface area contributed by atoms with E-state index in [1.807, 2.05) is 23.9 Å². The molecule has 2 N–H and O–H groups in total. The number of rotatable bonds is 3. The van der Waals surface area contributed by atoms with Gasteiger partial charge in [-0.05, 0) is 55.2 Å². The molecule has 3 unspecified atom stereocenters. The lowest BCUT2D eigenvalue weighted by atomic mass is 9.90. The summed E-state index contributed by atoms with van der Waals surface area (Å²) in [6.07, 6.45) is 5.88. The molecule has 1 aromatic rings. The summed E-state index contributed by atoms with van der Waals surface area (Å²) in [7, 11) is 0. The first-order valence-electron chi connectivity index (χ1n) is 6.40. The maximum atomic E-state index is 6.19. The Bertz CT molecular complexity index is 421. The van der Waals surface area contributed by atoms with Gasteiger partial charge in [-0.2, -0.15) is 0 Å². The summed E-state index contributed by atoms with van der Waals surface area (Å²) in [4.78, 5) is 1.18. The fraction of sp³-hybridized carbons (Fsp3) is 0.571. The van der Waals surface area contributed by atoms with Crippen molar-refractivity contribution < 1.29 is 0 Å². The van der Waals surface area contributed by atoms with E-state index in [9.17, 15) is 0 Å². The lowest BCUT2D eigenvalue weighted by Gasteiger charge is -2.21. The summed E-state index contributed by atoms with van der Waals surface area (Å²) in [6.45, 7) is 0. The molecule has 2 saturated carbocycles. The van der Waals surface area contributed by atoms with Gasteiger partial charge >= 0.3 is 0 Å². The van der Waals surface area contributed by atoms with E-state index in [-0.39, 0.29) is 0 Å². The molecule has 0 heterocycles.